The first-order valence-electron chi connectivity index (χ1n) is 3.92. The molecule has 0 spiro atoms. The molecule has 0 bridgehead atoms. The third-order valence-electron chi connectivity index (χ3n) is 2.06. The molecule has 64 valence electrons. The first kappa shape index (κ1) is 7.40. The fourth-order valence-corrected chi connectivity index (χ4v) is 1.48. The van der Waals surface area contributed by atoms with Crippen molar-refractivity contribution in [3.63, 3.8) is 0 Å². The standard InChI is InChI=1S/C9H10FNO/c1-5-4-6-8(11)3-2-7(10)9(6)12-5/h2-3,5H,4,11H2,1H3. The quantitative estimate of drug-likeness (QED) is 0.597. The number of ether oxygens (including phenoxy) is 1. The van der Waals surface area contributed by atoms with Crippen LogP contribution in [0.5, 0.6) is 5.75 Å². The molecule has 0 saturated carbocycles. The summed E-state index contributed by atoms with van der Waals surface area (Å²) in [4.78, 5) is 0. The van der Waals surface area contributed by atoms with Gasteiger partial charge in [-0.15, -0.1) is 0 Å². The molecule has 1 heterocycles. The molecule has 1 aromatic rings. The van der Waals surface area contributed by atoms with Gasteiger partial charge in [-0.1, -0.05) is 0 Å². The predicted octanol–water partition coefficient (Wildman–Crippen LogP) is 1.73. The predicted molar refractivity (Wildman–Crippen MR) is 44.6 cm³/mol. The fraction of sp³-hybridized carbons (Fsp3) is 0.333. The van der Waals surface area contributed by atoms with Crippen LogP contribution in [0.15, 0.2) is 12.1 Å². The highest BCUT2D eigenvalue weighted by Gasteiger charge is 2.24. The van der Waals surface area contributed by atoms with Gasteiger partial charge in [0.1, 0.15) is 6.10 Å². The van der Waals surface area contributed by atoms with Crippen LogP contribution in [0.1, 0.15) is 12.5 Å². The van der Waals surface area contributed by atoms with E-state index in [4.69, 9.17) is 10.5 Å². The molecule has 0 amide bonds. The van der Waals surface area contributed by atoms with Crippen molar-refractivity contribution in [1.29, 1.82) is 0 Å². The van der Waals surface area contributed by atoms with Crippen molar-refractivity contribution in [1.82, 2.24) is 0 Å². The highest BCUT2D eigenvalue weighted by Crippen LogP contribution is 2.35. The molecule has 0 aliphatic carbocycles. The van der Waals surface area contributed by atoms with Crippen LogP contribution in [0.4, 0.5) is 10.1 Å². The molecule has 0 aromatic heterocycles. The number of hydrogen-bond acceptors (Lipinski definition) is 2. The van der Waals surface area contributed by atoms with Crippen molar-refractivity contribution < 1.29 is 9.13 Å². The van der Waals surface area contributed by atoms with Gasteiger partial charge in [0.05, 0.1) is 0 Å². The normalized spacial score (nSPS) is 20.3. The molecule has 0 radical (unpaired) electrons. The molecule has 0 saturated heterocycles. The van der Waals surface area contributed by atoms with E-state index in [0.717, 1.165) is 5.56 Å². The van der Waals surface area contributed by atoms with Gasteiger partial charge in [-0.2, -0.15) is 0 Å². The van der Waals surface area contributed by atoms with Crippen LogP contribution < -0.4 is 10.5 Å². The van der Waals surface area contributed by atoms with Gasteiger partial charge in [0, 0.05) is 17.7 Å². The zero-order valence-electron chi connectivity index (χ0n) is 6.80. The maximum Gasteiger partial charge on any atom is 0.165 e. The second kappa shape index (κ2) is 2.37. The van der Waals surface area contributed by atoms with Crippen LogP contribution in [0.3, 0.4) is 0 Å². The second-order valence-electron chi connectivity index (χ2n) is 3.08. The summed E-state index contributed by atoms with van der Waals surface area (Å²) in [6, 6.07) is 2.92. The molecular weight excluding hydrogens is 157 g/mol. The Morgan fingerprint density at radius 2 is 2.33 bits per heavy atom. The number of nitrogens with two attached hydrogens (primary N) is 1. The first-order chi connectivity index (χ1) is 5.68. The maximum absolute atomic E-state index is 13.1. The number of benzene rings is 1. The van der Waals surface area contributed by atoms with E-state index in [2.05, 4.69) is 0 Å². The Morgan fingerprint density at radius 1 is 1.58 bits per heavy atom. The lowest BCUT2D eigenvalue weighted by atomic mass is 10.1. The number of hydrogen-bond donors (Lipinski definition) is 1. The van der Waals surface area contributed by atoms with Crippen molar-refractivity contribution in [2.75, 3.05) is 5.73 Å². The molecular formula is C9H10FNO. The minimum Gasteiger partial charge on any atom is -0.487 e. The van der Waals surface area contributed by atoms with E-state index in [0.29, 0.717) is 17.9 Å². The number of fused-ring (bicyclic) bond motifs is 1. The van der Waals surface area contributed by atoms with Crippen molar-refractivity contribution in [3.8, 4) is 5.75 Å². The third kappa shape index (κ3) is 0.932. The summed E-state index contributed by atoms with van der Waals surface area (Å²) in [5.41, 5.74) is 7.09. The molecule has 12 heavy (non-hydrogen) atoms. The molecule has 2 N–H and O–H groups in total. The molecule has 1 atom stereocenters. The molecule has 1 aliphatic heterocycles. The Bertz CT molecular complexity index is 294. The van der Waals surface area contributed by atoms with Gasteiger partial charge in [-0.3, -0.25) is 0 Å². The Balaban J connectivity index is 2.56. The zero-order chi connectivity index (χ0) is 8.72. The zero-order valence-corrected chi connectivity index (χ0v) is 6.80. The van der Waals surface area contributed by atoms with E-state index in [1.807, 2.05) is 6.92 Å². The van der Waals surface area contributed by atoms with Gasteiger partial charge in [0.25, 0.3) is 0 Å². The molecule has 3 heteroatoms. The van der Waals surface area contributed by atoms with Gasteiger partial charge < -0.3 is 10.5 Å². The number of rotatable bonds is 0. The monoisotopic (exact) mass is 167 g/mol. The Morgan fingerprint density at radius 3 is 3.00 bits per heavy atom. The van der Waals surface area contributed by atoms with Crippen molar-refractivity contribution in [2.45, 2.75) is 19.4 Å². The first-order valence-corrected chi connectivity index (χ1v) is 3.92. The Kier molecular flexibility index (Phi) is 1.46. The minimum atomic E-state index is -0.316. The van der Waals surface area contributed by atoms with Crippen LogP contribution >= 0.6 is 0 Å². The van der Waals surface area contributed by atoms with Crippen molar-refractivity contribution in [3.05, 3.63) is 23.5 Å². The van der Waals surface area contributed by atoms with Crippen LogP contribution in [-0.4, -0.2) is 6.10 Å². The summed E-state index contributed by atoms with van der Waals surface area (Å²) in [7, 11) is 0. The average Bonchev–Trinajstić information content (AvgIpc) is 2.41. The molecule has 1 aromatic carbocycles. The highest BCUT2D eigenvalue weighted by molar-refractivity contribution is 5.56. The van der Waals surface area contributed by atoms with Crippen LogP contribution in [0, 0.1) is 5.82 Å². The van der Waals surface area contributed by atoms with E-state index < -0.39 is 0 Å². The van der Waals surface area contributed by atoms with Gasteiger partial charge in [-0.25, -0.2) is 4.39 Å². The summed E-state index contributed by atoms with van der Waals surface area (Å²) in [5.74, 6) is 0.0195. The van der Waals surface area contributed by atoms with Crippen LogP contribution in [0.2, 0.25) is 0 Å². The smallest absolute Gasteiger partial charge is 0.165 e. The summed E-state index contributed by atoms with van der Waals surface area (Å²) in [5, 5.41) is 0. The van der Waals surface area contributed by atoms with E-state index in [1.54, 1.807) is 6.07 Å². The highest BCUT2D eigenvalue weighted by atomic mass is 19.1. The topological polar surface area (TPSA) is 35.2 Å². The molecule has 1 aliphatic rings. The lowest BCUT2D eigenvalue weighted by molar-refractivity contribution is 0.245. The fourth-order valence-electron chi connectivity index (χ4n) is 1.48. The maximum atomic E-state index is 13.1. The summed E-state index contributed by atoms with van der Waals surface area (Å²) < 4.78 is 18.3. The SMILES string of the molecule is CC1Cc2c(N)ccc(F)c2O1. The van der Waals surface area contributed by atoms with E-state index in [1.165, 1.54) is 6.07 Å². The van der Waals surface area contributed by atoms with Crippen molar-refractivity contribution in [2.24, 2.45) is 0 Å². The molecule has 2 rings (SSSR count). The number of nitrogen functional groups attached to an aromatic ring is 1. The van der Waals surface area contributed by atoms with Crippen LogP contribution in [0.25, 0.3) is 0 Å². The van der Waals surface area contributed by atoms with Crippen LogP contribution in [-0.2, 0) is 6.42 Å². The summed E-state index contributed by atoms with van der Waals surface area (Å²) in [6.07, 6.45) is 0.748. The molecule has 2 nitrogen and oxygen atoms in total. The molecule has 0 fully saturated rings. The van der Waals surface area contributed by atoms with E-state index >= 15 is 0 Å². The summed E-state index contributed by atoms with van der Waals surface area (Å²) in [6.45, 7) is 1.90. The third-order valence-corrected chi connectivity index (χ3v) is 2.06. The largest absolute Gasteiger partial charge is 0.487 e. The number of halogens is 1. The van der Waals surface area contributed by atoms with Gasteiger partial charge in [-0.05, 0) is 19.1 Å². The van der Waals surface area contributed by atoms with Gasteiger partial charge in [0.15, 0.2) is 11.6 Å². The Hall–Kier alpha value is -1.25. The van der Waals surface area contributed by atoms with E-state index in [9.17, 15) is 4.39 Å². The molecule has 1 unspecified atom stereocenters. The van der Waals surface area contributed by atoms with E-state index in [-0.39, 0.29) is 11.9 Å². The average molecular weight is 167 g/mol. The summed E-state index contributed by atoms with van der Waals surface area (Å²) >= 11 is 0. The van der Waals surface area contributed by atoms with Gasteiger partial charge in [0.2, 0.25) is 0 Å². The lowest BCUT2D eigenvalue weighted by Crippen LogP contribution is -2.05. The van der Waals surface area contributed by atoms with Gasteiger partial charge >= 0.3 is 0 Å². The Labute approximate surface area is 70.1 Å². The lowest BCUT2D eigenvalue weighted by Gasteiger charge is -2.03. The second-order valence-corrected chi connectivity index (χ2v) is 3.08. The number of anilines is 1. The minimum absolute atomic E-state index is 0.0409. The van der Waals surface area contributed by atoms with Crippen molar-refractivity contribution >= 4 is 5.69 Å².